The lowest BCUT2D eigenvalue weighted by molar-refractivity contribution is -0.164. The van der Waals surface area contributed by atoms with Crippen LogP contribution in [0.15, 0.2) is 0 Å². The first kappa shape index (κ1) is 28.7. The van der Waals surface area contributed by atoms with Gasteiger partial charge in [-0.25, -0.2) is 9.59 Å². The van der Waals surface area contributed by atoms with E-state index >= 15 is 0 Å². The lowest BCUT2D eigenvalue weighted by Gasteiger charge is -2.57. The van der Waals surface area contributed by atoms with Gasteiger partial charge in [0.2, 0.25) is 11.8 Å². The van der Waals surface area contributed by atoms with Crippen LogP contribution in [0.3, 0.4) is 0 Å². The molecule has 11 nitrogen and oxygen atoms in total. The van der Waals surface area contributed by atoms with Crippen LogP contribution in [0.5, 0.6) is 0 Å². The Kier molecular flexibility index (Phi) is 9.07. The summed E-state index contributed by atoms with van der Waals surface area (Å²) in [4.78, 5) is 61.3. The Labute approximate surface area is 218 Å². The fourth-order valence-corrected chi connectivity index (χ4v) is 6.91. The molecule has 208 valence electrons. The fourth-order valence-electron chi connectivity index (χ4n) is 6.91. The van der Waals surface area contributed by atoms with E-state index in [0.29, 0.717) is 37.0 Å². The fraction of sp³-hybridized carbons (Fsp3) is 0.808. The number of hydrogen-bond donors (Lipinski definition) is 4. The first-order chi connectivity index (χ1) is 17.2. The summed E-state index contributed by atoms with van der Waals surface area (Å²) >= 11 is 0. The van der Waals surface area contributed by atoms with Crippen LogP contribution in [0, 0.1) is 23.2 Å². The topological polar surface area (TPSA) is 180 Å². The smallest absolute Gasteiger partial charge is 0.404 e. The van der Waals surface area contributed by atoms with Gasteiger partial charge < -0.3 is 31.6 Å². The molecule has 0 radical (unpaired) electrons. The first-order valence-electron chi connectivity index (χ1n) is 13.3. The number of nitrogens with two attached hydrogens (primary N) is 2. The Morgan fingerprint density at radius 1 is 0.892 bits per heavy atom. The summed E-state index contributed by atoms with van der Waals surface area (Å²) in [5, 5.41) is 5.28. The van der Waals surface area contributed by atoms with Crippen LogP contribution < -0.4 is 22.1 Å². The van der Waals surface area contributed by atoms with Crippen LogP contribution in [-0.2, 0) is 28.7 Å². The number of nitrogens with one attached hydrogen (secondary N) is 2. The minimum atomic E-state index is -1.06. The molecule has 0 aromatic carbocycles. The molecule has 4 bridgehead atoms. The predicted molar refractivity (Wildman–Crippen MR) is 134 cm³/mol. The third-order valence-electron chi connectivity index (χ3n) is 7.80. The summed E-state index contributed by atoms with van der Waals surface area (Å²) in [5.41, 5.74) is 9.54. The van der Waals surface area contributed by atoms with Crippen molar-refractivity contribution in [2.75, 3.05) is 6.61 Å². The number of primary amides is 2. The van der Waals surface area contributed by atoms with E-state index in [1.54, 1.807) is 20.8 Å². The molecule has 0 aliphatic heterocycles. The van der Waals surface area contributed by atoms with E-state index in [9.17, 15) is 24.0 Å². The second-order valence-corrected chi connectivity index (χ2v) is 12.3. The van der Waals surface area contributed by atoms with Gasteiger partial charge in [0, 0.05) is 0 Å². The van der Waals surface area contributed by atoms with Crippen molar-refractivity contribution in [1.82, 2.24) is 10.6 Å². The molecule has 0 heterocycles. The van der Waals surface area contributed by atoms with Crippen molar-refractivity contribution in [3.05, 3.63) is 0 Å². The zero-order valence-electron chi connectivity index (χ0n) is 22.2. The van der Waals surface area contributed by atoms with Crippen LogP contribution in [0.2, 0.25) is 0 Å². The summed E-state index contributed by atoms with van der Waals surface area (Å²) in [7, 11) is 0. The van der Waals surface area contributed by atoms with E-state index in [2.05, 4.69) is 15.4 Å². The number of unbranched alkanes of at least 4 members (excludes halogenated alkanes) is 1. The van der Waals surface area contributed by atoms with Crippen LogP contribution in [-0.4, -0.2) is 54.1 Å². The van der Waals surface area contributed by atoms with Crippen molar-refractivity contribution >= 4 is 29.8 Å². The highest BCUT2D eigenvalue weighted by atomic mass is 16.6. The molecule has 0 spiro atoms. The summed E-state index contributed by atoms with van der Waals surface area (Å²) < 4.78 is 9.87. The quantitative estimate of drug-likeness (QED) is 0.181. The van der Waals surface area contributed by atoms with Crippen molar-refractivity contribution < 1.29 is 33.4 Å². The number of esters is 1. The van der Waals surface area contributed by atoms with Gasteiger partial charge in [-0.05, 0) is 108 Å². The van der Waals surface area contributed by atoms with Gasteiger partial charge in [-0.2, -0.15) is 0 Å². The second kappa shape index (κ2) is 11.7. The molecule has 0 aromatic heterocycles. The van der Waals surface area contributed by atoms with Gasteiger partial charge in [0.1, 0.15) is 17.7 Å². The maximum absolute atomic E-state index is 13.4. The Morgan fingerprint density at radius 2 is 1.46 bits per heavy atom. The highest BCUT2D eigenvalue weighted by Gasteiger charge is 2.52. The number of hydrogen-bond acceptors (Lipinski definition) is 7. The van der Waals surface area contributed by atoms with E-state index in [-0.39, 0.29) is 18.4 Å². The molecule has 4 amide bonds. The summed E-state index contributed by atoms with van der Waals surface area (Å²) in [6.45, 7) is 5.06. The van der Waals surface area contributed by atoms with Gasteiger partial charge in [-0.15, -0.1) is 0 Å². The molecule has 2 unspecified atom stereocenters. The molecule has 37 heavy (non-hydrogen) atoms. The molecule has 4 fully saturated rings. The van der Waals surface area contributed by atoms with Crippen molar-refractivity contribution in [3.63, 3.8) is 0 Å². The summed E-state index contributed by atoms with van der Waals surface area (Å²) in [5.74, 6) is -1.40. The lowest BCUT2D eigenvalue weighted by Crippen LogP contribution is -2.57. The minimum absolute atomic E-state index is 0.0771. The normalized spacial score (nSPS) is 27.6. The van der Waals surface area contributed by atoms with Gasteiger partial charge in [-0.3, -0.25) is 14.4 Å². The molecule has 4 aliphatic carbocycles. The molecule has 4 saturated carbocycles. The second-order valence-electron chi connectivity index (χ2n) is 12.3. The van der Waals surface area contributed by atoms with Crippen LogP contribution >= 0.6 is 0 Å². The highest BCUT2D eigenvalue weighted by Crippen LogP contribution is 2.61. The maximum atomic E-state index is 13.4. The van der Waals surface area contributed by atoms with Crippen molar-refractivity contribution in [2.45, 2.75) is 103 Å². The molecule has 2 atom stereocenters. The average Bonchev–Trinajstić information content (AvgIpc) is 2.74. The van der Waals surface area contributed by atoms with Gasteiger partial charge in [0.25, 0.3) is 0 Å². The van der Waals surface area contributed by atoms with Crippen molar-refractivity contribution in [2.24, 2.45) is 34.6 Å². The van der Waals surface area contributed by atoms with Crippen LogP contribution in [0.1, 0.15) is 85.0 Å². The zero-order valence-corrected chi connectivity index (χ0v) is 22.2. The third-order valence-corrected chi connectivity index (χ3v) is 7.80. The monoisotopic (exact) mass is 522 g/mol. The number of rotatable bonds is 11. The average molecular weight is 523 g/mol. The zero-order chi connectivity index (χ0) is 27.4. The molecule has 6 N–H and O–H groups in total. The van der Waals surface area contributed by atoms with E-state index in [0.717, 1.165) is 19.3 Å². The number of carbonyl (C=O) groups excluding carboxylic acids is 5. The summed E-state index contributed by atoms with van der Waals surface area (Å²) in [6, 6.07) is -1.98. The van der Waals surface area contributed by atoms with Gasteiger partial charge in [0.15, 0.2) is 0 Å². The molecule has 4 rings (SSSR count). The molecule has 0 aromatic rings. The first-order valence-corrected chi connectivity index (χ1v) is 13.3. The Balaban J connectivity index is 1.69. The van der Waals surface area contributed by atoms with Gasteiger partial charge in [-0.1, -0.05) is 0 Å². The molecule has 0 saturated heterocycles. The Morgan fingerprint density at radius 3 is 1.95 bits per heavy atom. The predicted octanol–water partition coefficient (Wildman–Crippen LogP) is 1.66. The highest BCUT2D eigenvalue weighted by molar-refractivity contribution is 6.33. The molecular formula is C26H42N4O7. The van der Waals surface area contributed by atoms with Crippen LogP contribution in [0.25, 0.3) is 0 Å². The minimum Gasteiger partial charge on any atom is -0.453 e. The van der Waals surface area contributed by atoms with Crippen molar-refractivity contribution in [1.29, 1.82) is 0 Å². The molecule has 4 aliphatic rings. The lowest BCUT2D eigenvalue weighted by atomic mass is 9.48. The van der Waals surface area contributed by atoms with E-state index in [1.807, 2.05) is 0 Å². The number of amides is 4. The van der Waals surface area contributed by atoms with E-state index in [4.69, 9.17) is 16.2 Å². The SMILES string of the molecule is CC(C)(C)OC(=O)C(=O)NC(CC12CC3CC(CC(C3)C1)C2)C(=O)NC(CCCCOC(N)=O)C(N)=O. The maximum Gasteiger partial charge on any atom is 0.404 e. The standard InChI is InChI=1S/C26H42N4O7/c1-25(2,3)37-23(34)22(33)30-19(14-26-11-15-8-16(12-26)10-17(9-15)13-26)21(32)29-18(20(27)31)6-4-5-7-36-24(28)35/h15-19H,4-14H2,1-3H3,(H2,27,31)(H2,28,35)(H,29,32)(H,30,33). The molecule has 11 heteroatoms. The summed E-state index contributed by atoms with van der Waals surface area (Å²) in [6.07, 6.45) is 7.32. The Hall–Kier alpha value is -2.85. The number of ether oxygens (including phenoxy) is 2. The van der Waals surface area contributed by atoms with E-state index < -0.39 is 47.5 Å². The Bertz CT molecular complexity index is 863. The third kappa shape index (κ3) is 8.33. The van der Waals surface area contributed by atoms with Gasteiger partial charge >= 0.3 is 18.0 Å². The number of carbonyl (C=O) groups is 5. The largest absolute Gasteiger partial charge is 0.453 e. The van der Waals surface area contributed by atoms with Crippen LogP contribution in [0.4, 0.5) is 4.79 Å². The van der Waals surface area contributed by atoms with Crippen molar-refractivity contribution in [3.8, 4) is 0 Å². The molecular weight excluding hydrogens is 480 g/mol. The van der Waals surface area contributed by atoms with Gasteiger partial charge in [0.05, 0.1) is 6.61 Å². The van der Waals surface area contributed by atoms with E-state index in [1.165, 1.54) is 19.3 Å².